The van der Waals surface area contributed by atoms with Crippen molar-refractivity contribution in [1.29, 1.82) is 0 Å². The lowest BCUT2D eigenvalue weighted by Gasteiger charge is -2.15. The van der Waals surface area contributed by atoms with Crippen LogP contribution in [0.1, 0.15) is 32.0 Å². The minimum absolute atomic E-state index is 0.209. The Hall–Kier alpha value is -4.50. The lowest BCUT2D eigenvalue weighted by molar-refractivity contribution is 0.0948. The summed E-state index contributed by atoms with van der Waals surface area (Å²) < 4.78 is 5.82. The number of fused-ring (bicyclic) bond motifs is 1. The molecule has 5 aromatic rings. The van der Waals surface area contributed by atoms with Gasteiger partial charge in [-0.05, 0) is 30.7 Å². The number of aryl methyl sites for hydroxylation is 1. The molecule has 0 aliphatic rings. The second-order valence-corrected chi connectivity index (χ2v) is 8.74. The van der Waals surface area contributed by atoms with Gasteiger partial charge in [0.2, 0.25) is 0 Å². The number of thiophene rings is 1. The lowest BCUT2D eigenvalue weighted by atomic mass is 10.1. The van der Waals surface area contributed by atoms with Gasteiger partial charge in [0.05, 0.1) is 23.4 Å². The van der Waals surface area contributed by atoms with Crippen molar-refractivity contribution < 1.29 is 14.1 Å². The van der Waals surface area contributed by atoms with Gasteiger partial charge in [-0.3, -0.25) is 9.59 Å². The minimum Gasteiger partial charge on any atom is -0.364 e. The zero-order chi connectivity index (χ0) is 24.2. The molecule has 3 heterocycles. The quantitative estimate of drug-likeness (QED) is 0.281. The van der Waals surface area contributed by atoms with Crippen LogP contribution in [0.4, 0.5) is 17.2 Å². The van der Waals surface area contributed by atoms with Gasteiger partial charge in [-0.2, -0.15) is 0 Å². The molecule has 0 saturated heterocycles. The van der Waals surface area contributed by atoms with Crippen LogP contribution in [-0.4, -0.2) is 22.0 Å². The van der Waals surface area contributed by atoms with E-state index in [1.54, 1.807) is 12.1 Å². The van der Waals surface area contributed by atoms with Gasteiger partial charge in [-0.15, -0.1) is 11.3 Å². The summed E-state index contributed by atoms with van der Waals surface area (Å²) >= 11 is 1.51. The van der Waals surface area contributed by atoms with Gasteiger partial charge in [0, 0.05) is 33.4 Å². The predicted octanol–water partition coefficient (Wildman–Crippen LogP) is 5.52. The SMILES string of the molecule is Cc1ccccc1Nc1ncc(C(=O)NCc2ccon2)cc1NC(=O)c1csc2ccccc12. The van der Waals surface area contributed by atoms with Crippen molar-refractivity contribution in [3.05, 3.63) is 101 Å². The van der Waals surface area contributed by atoms with Crippen LogP contribution in [0.15, 0.2) is 83.0 Å². The minimum atomic E-state index is -0.348. The second-order valence-electron chi connectivity index (χ2n) is 7.83. The number of amides is 2. The average molecular weight is 484 g/mol. The third kappa shape index (κ3) is 4.90. The van der Waals surface area contributed by atoms with E-state index in [0.717, 1.165) is 21.3 Å². The van der Waals surface area contributed by atoms with E-state index in [1.807, 2.05) is 60.8 Å². The fourth-order valence-electron chi connectivity index (χ4n) is 3.57. The predicted molar refractivity (Wildman–Crippen MR) is 136 cm³/mol. The second kappa shape index (κ2) is 9.78. The number of nitrogens with one attached hydrogen (secondary N) is 3. The number of benzene rings is 2. The number of carbonyl (C=O) groups is 2. The first-order chi connectivity index (χ1) is 17.1. The Morgan fingerprint density at radius 3 is 2.66 bits per heavy atom. The molecule has 0 spiro atoms. The van der Waals surface area contributed by atoms with E-state index in [2.05, 4.69) is 26.1 Å². The normalized spacial score (nSPS) is 10.8. The number of pyridine rings is 1. The summed E-state index contributed by atoms with van der Waals surface area (Å²) in [6.45, 7) is 2.19. The fourth-order valence-corrected chi connectivity index (χ4v) is 4.51. The molecule has 8 nitrogen and oxygen atoms in total. The Kier molecular flexibility index (Phi) is 6.23. The molecule has 174 valence electrons. The fraction of sp³-hybridized carbons (Fsp3) is 0.0769. The number of para-hydroxylation sites is 1. The maximum atomic E-state index is 13.2. The molecule has 0 aliphatic carbocycles. The summed E-state index contributed by atoms with van der Waals surface area (Å²) in [4.78, 5) is 30.5. The van der Waals surface area contributed by atoms with Crippen LogP contribution in [0, 0.1) is 6.92 Å². The van der Waals surface area contributed by atoms with Crippen molar-refractivity contribution in [3.63, 3.8) is 0 Å². The molecular weight excluding hydrogens is 462 g/mol. The molecule has 0 unspecified atom stereocenters. The summed E-state index contributed by atoms with van der Waals surface area (Å²) in [5.74, 6) is -0.197. The van der Waals surface area contributed by atoms with Crippen LogP contribution >= 0.6 is 11.3 Å². The number of rotatable bonds is 7. The first-order valence-electron chi connectivity index (χ1n) is 10.9. The number of carbonyl (C=O) groups excluding carboxylic acids is 2. The third-order valence-electron chi connectivity index (χ3n) is 5.44. The van der Waals surface area contributed by atoms with Gasteiger partial charge in [0.25, 0.3) is 11.8 Å². The standard InChI is InChI=1S/C26H21N5O3S/c1-16-6-2-4-8-21(16)29-24-22(30-26(33)20-15-35-23-9-5-3-7-19(20)23)12-17(13-27-24)25(32)28-14-18-10-11-34-31-18/h2-13,15H,14H2,1H3,(H,27,29)(H,28,32)(H,30,33). The highest BCUT2D eigenvalue weighted by molar-refractivity contribution is 7.17. The number of aromatic nitrogens is 2. The molecule has 0 atom stereocenters. The zero-order valence-electron chi connectivity index (χ0n) is 18.7. The van der Waals surface area contributed by atoms with E-state index in [9.17, 15) is 9.59 Å². The van der Waals surface area contributed by atoms with Crippen molar-refractivity contribution in [1.82, 2.24) is 15.5 Å². The van der Waals surface area contributed by atoms with Crippen LogP contribution in [0.25, 0.3) is 10.1 Å². The molecular formula is C26H21N5O3S. The Bertz CT molecular complexity index is 1510. The Morgan fingerprint density at radius 2 is 1.83 bits per heavy atom. The molecule has 0 bridgehead atoms. The highest BCUT2D eigenvalue weighted by atomic mass is 32.1. The average Bonchev–Trinajstić information content (AvgIpc) is 3.55. The molecule has 0 saturated carbocycles. The summed E-state index contributed by atoms with van der Waals surface area (Å²) in [6.07, 6.45) is 2.91. The van der Waals surface area contributed by atoms with Crippen molar-refractivity contribution >= 4 is 50.4 Å². The van der Waals surface area contributed by atoms with Crippen LogP contribution in [0.3, 0.4) is 0 Å². The molecule has 3 N–H and O–H groups in total. The number of hydrogen-bond donors (Lipinski definition) is 3. The number of nitrogens with zero attached hydrogens (tertiary/aromatic N) is 2. The van der Waals surface area contributed by atoms with Crippen molar-refractivity contribution in [3.8, 4) is 0 Å². The molecule has 2 aromatic carbocycles. The summed E-state index contributed by atoms with van der Waals surface area (Å²) in [6, 6.07) is 18.8. The Morgan fingerprint density at radius 1 is 1.00 bits per heavy atom. The van der Waals surface area contributed by atoms with Gasteiger partial charge in [0.1, 0.15) is 12.0 Å². The molecule has 3 aromatic heterocycles. The van der Waals surface area contributed by atoms with Crippen LogP contribution in [-0.2, 0) is 6.54 Å². The number of anilines is 3. The van der Waals surface area contributed by atoms with Crippen molar-refractivity contribution in [2.24, 2.45) is 0 Å². The first-order valence-corrected chi connectivity index (χ1v) is 11.7. The van der Waals surface area contributed by atoms with Gasteiger partial charge in [-0.1, -0.05) is 41.6 Å². The molecule has 35 heavy (non-hydrogen) atoms. The van der Waals surface area contributed by atoms with E-state index >= 15 is 0 Å². The van der Waals surface area contributed by atoms with Gasteiger partial charge in [0.15, 0.2) is 5.82 Å². The van der Waals surface area contributed by atoms with Crippen LogP contribution < -0.4 is 16.0 Å². The summed E-state index contributed by atoms with van der Waals surface area (Å²) in [5, 5.41) is 15.5. The third-order valence-corrected chi connectivity index (χ3v) is 6.41. The van der Waals surface area contributed by atoms with Crippen LogP contribution in [0.2, 0.25) is 0 Å². The van der Waals surface area contributed by atoms with E-state index in [0.29, 0.717) is 28.3 Å². The monoisotopic (exact) mass is 483 g/mol. The first kappa shape index (κ1) is 22.3. The molecule has 0 fully saturated rings. The van der Waals surface area contributed by atoms with E-state index in [1.165, 1.54) is 23.8 Å². The highest BCUT2D eigenvalue weighted by Gasteiger charge is 2.17. The van der Waals surface area contributed by atoms with Gasteiger partial charge in [-0.25, -0.2) is 4.98 Å². The summed E-state index contributed by atoms with van der Waals surface area (Å²) in [5.41, 5.74) is 3.72. The maximum absolute atomic E-state index is 13.2. The topological polar surface area (TPSA) is 109 Å². The molecule has 9 heteroatoms. The molecule has 2 amide bonds. The molecule has 0 radical (unpaired) electrons. The van der Waals surface area contributed by atoms with E-state index < -0.39 is 0 Å². The van der Waals surface area contributed by atoms with E-state index in [4.69, 9.17) is 4.52 Å². The molecule has 5 rings (SSSR count). The van der Waals surface area contributed by atoms with Gasteiger partial charge >= 0.3 is 0 Å². The summed E-state index contributed by atoms with van der Waals surface area (Å²) in [7, 11) is 0. The molecule has 0 aliphatic heterocycles. The van der Waals surface area contributed by atoms with Gasteiger partial charge < -0.3 is 20.5 Å². The highest BCUT2D eigenvalue weighted by Crippen LogP contribution is 2.29. The Balaban J connectivity index is 1.45. The number of hydrogen-bond acceptors (Lipinski definition) is 7. The zero-order valence-corrected chi connectivity index (χ0v) is 19.6. The lowest BCUT2D eigenvalue weighted by Crippen LogP contribution is -2.23. The van der Waals surface area contributed by atoms with Crippen LogP contribution in [0.5, 0.6) is 0 Å². The van der Waals surface area contributed by atoms with Crippen molar-refractivity contribution in [2.75, 3.05) is 10.6 Å². The van der Waals surface area contributed by atoms with Crippen molar-refractivity contribution in [2.45, 2.75) is 13.5 Å². The largest absolute Gasteiger partial charge is 0.364 e. The smallest absolute Gasteiger partial charge is 0.257 e. The Labute approximate surface area is 205 Å². The maximum Gasteiger partial charge on any atom is 0.257 e. The van der Waals surface area contributed by atoms with E-state index in [-0.39, 0.29) is 18.4 Å².